The summed E-state index contributed by atoms with van der Waals surface area (Å²) >= 11 is 6.77. The average Bonchev–Trinajstić information content (AvgIpc) is 2.96. The smallest absolute Gasteiger partial charge is 0.261 e. The van der Waals surface area contributed by atoms with Crippen LogP contribution in [0.2, 0.25) is 0 Å². The van der Waals surface area contributed by atoms with Gasteiger partial charge < -0.3 is 10.1 Å². The van der Waals surface area contributed by atoms with Gasteiger partial charge in [0.2, 0.25) is 0 Å². The Labute approximate surface area is 161 Å². The van der Waals surface area contributed by atoms with Crippen molar-refractivity contribution in [2.75, 3.05) is 12.4 Å². The average molecular weight is 386 g/mol. The highest BCUT2D eigenvalue weighted by Gasteiger charge is 2.16. The number of anilines is 1. The van der Waals surface area contributed by atoms with Crippen molar-refractivity contribution in [1.82, 2.24) is 10.3 Å². The van der Waals surface area contributed by atoms with Crippen LogP contribution < -0.4 is 15.4 Å². The molecule has 0 fully saturated rings. The number of fused-ring (bicyclic) bond motifs is 1. The number of carbonyl (C=O) groups is 1. The molecule has 1 heterocycles. The maximum Gasteiger partial charge on any atom is 0.261 e. The maximum absolute atomic E-state index is 12.5. The van der Waals surface area contributed by atoms with E-state index in [2.05, 4.69) is 34.7 Å². The first-order valence-corrected chi connectivity index (χ1v) is 9.25. The molecule has 26 heavy (non-hydrogen) atoms. The third-order valence-corrected chi connectivity index (χ3v) is 5.06. The molecule has 0 aliphatic heterocycles. The van der Waals surface area contributed by atoms with Crippen molar-refractivity contribution in [3.8, 4) is 5.75 Å². The highest BCUT2D eigenvalue weighted by atomic mass is 32.1. The highest BCUT2D eigenvalue weighted by molar-refractivity contribution is 7.80. The first kappa shape index (κ1) is 18.3. The molecular formula is C19H19N3O2S2. The van der Waals surface area contributed by atoms with E-state index in [1.54, 1.807) is 13.2 Å². The molecule has 0 bridgehead atoms. The van der Waals surface area contributed by atoms with E-state index in [9.17, 15) is 4.79 Å². The largest absolute Gasteiger partial charge is 0.496 e. The van der Waals surface area contributed by atoms with Crippen molar-refractivity contribution in [3.05, 3.63) is 52.6 Å². The van der Waals surface area contributed by atoms with Crippen LogP contribution in [0.15, 0.2) is 30.3 Å². The molecule has 3 rings (SSSR count). The van der Waals surface area contributed by atoms with Gasteiger partial charge in [0.15, 0.2) is 10.2 Å². The van der Waals surface area contributed by atoms with E-state index in [0.29, 0.717) is 16.4 Å². The van der Waals surface area contributed by atoms with Gasteiger partial charge in [0, 0.05) is 0 Å². The molecule has 2 aromatic carbocycles. The minimum Gasteiger partial charge on any atom is -0.496 e. The molecule has 0 unspecified atom stereocenters. The number of nitrogens with zero attached hydrogens (tertiary/aromatic N) is 1. The minimum atomic E-state index is -0.323. The van der Waals surface area contributed by atoms with Crippen LogP contribution in [-0.2, 0) is 0 Å². The van der Waals surface area contributed by atoms with Crippen LogP contribution >= 0.6 is 23.6 Å². The number of ether oxygens (including phenoxy) is 1. The fraction of sp³-hybridized carbons (Fsp3) is 0.211. The van der Waals surface area contributed by atoms with Crippen molar-refractivity contribution in [1.29, 1.82) is 0 Å². The summed E-state index contributed by atoms with van der Waals surface area (Å²) < 4.78 is 6.41. The predicted octanol–water partition coefficient (Wildman–Crippen LogP) is 4.36. The summed E-state index contributed by atoms with van der Waals surface area (Å²) in [5.74, 6) is 0.218. The van der Waals surface area contributed by atoms with Crippen LogP contribution in [0, 0.1) is 20.8 Å². The standard InChI is InChI=1S/C19H19N3O2S2/c1-10-8-12(3)15-14(9-10)26-19(20-15)22-18(25)21-17(23)13-7-5-6-11(2)16(13)24-4/h5-9H,1-4H3,(H2,20,21,22,23,25). The number of benzene rings is 2. The normalized spacial score (nSPS) is 10.6. The predicted molar refractivity (Wildman–Crippen MR) is 111 cm³/mol. The highest BCUT2D eigenvalue weighted by Crippen LogP contribution is 2.29. The summed E-state index contributed by atoms with van der Waals surface area (Å²) in [5, 5.41) is 6.53. The first-order chi connectivity index (χ1) is 12.4. The van der Waals surface area contributed by atoms with Gasteiger partial charge in [-0.25, -0.2) is 4.98 Å². The summed E-state index contributed by atoms with van der Waals surface area (Å²) in [6, 6.07) is 9.58. The van der Waals surface area contributed by atoms with Gasteiger partial charge in [-0.05, 0) is 61.8 Å². The lowest BCUT2D eigenvalue weighted by Gasteiger charge is -2.12. The van der Waals surface area contributed by atoms with Crippen LogP contribution in [0.3, 0.4) is 0 Å². The summed E-state index contributed by atoms with van der Waals surface area (Å²) in [6.45, 7) is 5.97. The Morgan fingerprint density at radius 1 is 1.19 bits per heavy atom. The molecule has 0 radical (unpaired) electrons. The van der Waals surface area contributed by atoms with Gasteiger partial charge in [-0.15, -0.1) is 0 Å². The van der Waals surface area contributed by atoms with E-state index in [1.165, 1.54) is 16.9 Å². The lowest BCUT2D eigenvalue weighted by molar-refractivity contribution is 0.0974. The maximum atomic E-state index is 12.5. The topological polar surface area (TPSA) is 63.2 Å². The lowest BCUT2D eigenvalue weighted by Crippen LogP contribution is -2.34. The Hall–Kier alpha value is -2.51. The Kier molecular flexibility index (Phi) is 5.20. The number of hydrogen-bond donors (Lipinski definition) is 2. The van der Waals surface area contributed by atoms with Crippen LogP contribution in [-0.4, -0.2) is 23.1 Å². The van der Waals surface area contributed by atoms with E-state index in [1.807, 2.05) is 26.0 Å². The molecule has 7 heteroatoms. The van der Waals surface area contributed by atoms with Gasteiger partial charge in [-0.3, -0.25) is 10.1 Å². The van der Waals surface area contributed by atoms with Crippen LogP contribution in [0.4, 0.5) is 5.13 Å². The van der Waals surface area contributed by atoms with Crippen molar-refractivity contribution in [2.45, 2.75) is 20.8 Å². The van der Waals surface area contributed by atoms with E-state index >= 15 is 0 Å². The minimum absolute atomic E-state index is 0.201. The third-order valence-electron chi connectivity index (χ3n) is 3.94. The van der Waals surface area contributed by atoms with E-state index in [-0.39, 0.29) is 11.0 Å². The van der Waals surface area contributed by atoms with Gasteiger partial charge in [0.1, 0.15) is 5.75 Å². The van der Waals surface area contributed by atoms with E-state index < -0.39 is 0 Å². The molecule has 134 valence electrons. The second kappa shape index (κ2) is 7.39. The third kappa shape index (κ3) is 3.68. The molecule has 0 aliphatic rings. The Morgan fingerprint density at radius 2 is 1.96 bits per heavy atom. The number of methoxy groups -OCH3 is 1. The Morgan fingerprint density at radius 3 is 2.69 bits per heavy atom. The number of hydrogen-bond acceptors (Lipinski definition) is 5. The summed E-state index contributed by atoms with van der Waals surface area (Å²) in [4.78, 5) is 17.1. The molecular weight excluding hydrogens is 366 g/mol. The Bertz CT molecular complexity index is 1010. The molecule has 0 saturated heterocycles. The number of thiazole rings is 1. The molecule has 0 saturated carbocycles. The number of nitrogens with one attached hydrogen (secondary N) is 2. The summed E-state index contributed by atoms with van der Waals surface area (Å²) in [6.07, 6.45) is 0. The number of aryl methyl sites for hydroxylation is 3. The molecule has 1 aromatic heterocycles. The van der Waals surface area contributed by atoms with Crippen LogP contribution in [0.25, 0.3) is 10.2 Å². The molecule has 2 N–H and O–H groups in total. The Balaban J connectivity index is 1.76. The van der Waals surface area contributed by atoms with Crippen molar-refractivity contribution in [3.63, 3.8) is 0 Å². The molecule has 0 aliphatic carbocycles. The van der Waals surface area contributed by atoms with E-state index in [0.717, 1.165) is 21.3 Å². The monoisotopic (exact) mass is 385 g/mol. The van der Waals surface area contributed by atoms with Crippen molar-refractivity contribution >= 4 is 49.9 Å². The van der Waals surface area contributed by atoms with Crippen LogP contribution in [0.5, 0.6) is 5.75 Å². The summed E-state index contributed by atoms with van der Waals surface area (Å²) in [5.41, 5.74) is 4.57. The number of amides is 1. The van der Waals surface area contributed by atoms with Gasteiger partial charge in [-0.2, -0.15) is 0 Å². The van der Waals surface area contributed by atoms with Gasteiger partial charge in [0.25, 0.3) is 5.91 Å². The van der Waals surface area contributed by atoms with Crippen molar-refractivity contribution < 1.29 is 9.53 Å². The molecule has 3 aromatic rings. The lowest BCUT2D eigenvalue weighted by atomic mass is 10.1. The summed E-state index contributed by atoms with van der Waals surface area (Å²) in [7, 11) is 1.54. The zero-order valence-corrected chi connectivity index (χ0v) is 16.6. The van der Waals surface area contributed by atoms with Gasteiger partial charge in [0.05, 0.1) is 22.9 Å². The zero-order chi connectivity index (χ0) is 18.8. The number of para-hydroxylation sites is 1. The number of aromatic nitrogens is 1. The van der Waals surface area contributed by atoms with Gasteiger partial charge in [-0.1, -0.05) is 29.5 Å². The zero-order valence-electron chi connectivity index (χ0n) is 15.0. The molecule has 1 amide bonds. The molecule has 0 atom stereocenters. The second-order valence-corrected chi connectivity index (χ2v) is 7.45. The van der Waals surface area contributed by atoms with Gasteiger partial charge >= 0.3 is 0 Å². The fourth-order valence-electron chi connectivity index (χ4n) is 2.83. The quantitative estimate of drug-likeness (QED) is 0.656. The van der Waals surface area contributed by atoms with Crippen molar-refractivity contribution in [2.24, 2.45) is 0 Å². The number of carbonyl (C=O) groups excluding carboxylic acids is 1. The second-order valence-electron chi connectivity index (χ2n) is 6.01. The SMILES string of the molecule is COc1c(C)cccc1C(=O)NC(=S)Nc1nc2c(C)cc(C)cc2s1. The number of thiocarbonyl (C=S) groups is 1. The molecule has 5 nitrogen and oxygen atoms in total. The number of rotatable bonds is 3. The van der Waals surface area contributed by atoms with E-state index in [4.69, 9.17) is 17.0 Å². The fourth-order valence-corrected chi connectivity index (χ4v) is 4.13. The van der Waals surface area contributed by atoms with Crippen LogP contribution in [0.1, 0.15) is 27.0 Å². The first-order valence-electron chi connectivity index (χ1n) is 8.02. The molecule has 0 spiro atoms.